The summed E-state index contributed by atoms with van der Waals surface area (Å²) in [4.78, 5) is -0.305. The molecule has 0 aromatic heterocycles. The predicted octanol–water partition coefficient (Wildman–Crippen LogP) is 7.36. The summed E-state index contributed by atoms with van der Waals surface area (Å²) in [5.41, 5.74) is 2.37. The molecule has 6 heteroatoms. The van der Waals surface area contributed by atoms with Crippen molar-refractivity contribution in [3.05, 3.63) is 59.5 Å². The Balaban J connectivity index is 0. The summed E-state index contributed by atoms with van der Waals surface area (Å²) in [6, 6.07) is 6.11. The molecule has 180 valence electrons. The van der Waals surface area contributed by atoms with Gasteiger partial charge in [-0.15, -0.1) is 0 Å². The molecule has 1 aromatic rings. The molecule has 32 heavy (non-hydrogen) atoms. The summed E-state index contributed by atoms with van der Waals surface area (Å²) >= 11 is 0. The SMILES string of the molecule is C=C(C)/C(=C\C=C(/C)C#N)c1ccc(S(=O)(=O)N2CCC(C)C2)c(F)c1.CC.CC.CC. The lowest BCUT2D eigenvalue weighted by atomic mass is 9.99. The smallest absolute Gasteiger partial charge is 0.207 e. The van der Waals surface area contributed by atoms with E-state index in [1.807, 2.05) is 54.5 Å². The molecule has 0 saturated carbocycles. The molecule has 1 heterocycles. The van der Waals surface area contributed by atoms with Gasteiger partial charge in [0.1, 0.15) is 10.7 Å². The topological polar surface area (TPSA) is 61.2 Å². The van der Waals surface area contributed by atoms with Crippen molar-refractivity contribution >= 4 is 15.6 Å². The number of nitriles is 1. The fourth-order valence-corrected chi connectivity index (χ4v) is 4.48. The van der Waals surface area contributed by atoms with Gasteiger partial charge in [0.25, 0.3) is 0 Å². The Kier molecular flexibility index (Phi) is 16.4. The second-order valence-electron chi connectivity index (χ2n) is 6.72. The summed E-state index contributed by atoms with van der Waals surface area (Å²) in [5.74, 6) is -0.504. The highest BCUT2D eigenvalue weighted by Gasteiger charge is 2.32. The van der Waals surface area contributed by atoms with Crippen LogP contribution in [0.25, 0.3) is 5.57 Å². The van der Waals surface area contributed by atoms with Gasteiger partial charge in [-0.2, -0.15) is 9.57 Å². The normalized spacial score (nSPS) is 16.3. The van der Waals surface area contributed by atoms with Crippen LogP contribution in [0.1, 0.15) is 74.3 Å². The maximum atomic E-state index is 14.7. The second kappa shape index (κ2) is 16.4. The zero-order valence-corrected chi connectivity index (χ0v) is 22.1. The minimum Gasteiger partial charge on any atom is -0.207 e. The van der Waals surface area contributed by atoms with E-state index >= 15 is 0 Å². The van der Waals surface area contributed by atoms with Gasteiger partial charge in [0.2, 0.25) is 10.0 Å². The van der Waals surface area contributed by atoms with Crippen LogP contribution in [0.15, 0.2) is 53.0 Å². The minimum atomic E-state index is -3.83. The molecule has 4 nitrogen and oxygen atoms in total. The Hall–Kier alpha value is -2.23. The number of rotatable bonds is 5. The highest BCUT2D eigenvalue weighted by Crippen LogP contribution is 2.29. The number of sulfonamides is 1. The van der Waals surface area contributed by atoms with Crippen molar-refractivity contribution in [2.75, 3.05) is 13.1 Å². The number of benzene rings is 1. The molecule has 0 spiro atoms. The van der Waals surface area contributed by atoms with Crippen LogP contribution < -0.4 is 0 Å². The van der Waals surface area contributed by atoms with Crippen molar-refractivity contribution in [1.29, 1.82) is 5.26 Å². The lowest BCUT2D eigenvalue weighted by Crippen LogP contribution is -2.29. The Bertz CT molecular complexity index is 926. The molecule has 0 N–H and O–H groups in total. The predicted molar refractivity (Wildman–Crippen MR) is 135 cm³/mol. The third-order valence-corrected chi connectivity index (χ3v) is 6.28. The van der Waals surface area contributed by atoms with Crippen molar-refractivity contribution in [3.8, 4) is 6.07 Å². The minimum absolute atomic E-state index is 0.278. The van der Waals surface area contributed by atoms with Gasteiger partial charge in [-0.1, -0.05) is 72.8 Å². The van der Waals surface area contributed by atoms with Crippen molar-refractivity contribution in [2.45, 2.75) is 73.6 Å². The molecule has 1 aliphatic heterocycles. The van der Waals surface area contributed by atoms with Gasteiger partial charge >= 0.3 is 0 Å². The largest absolute Gasteiger partial charge is 0.245 e. The Labute approximate surface area is 196 Å². The van der Waals surface area contributed by atoms with Gasteiger partial charge in [0.05, 0.1) is 6.07 Å². The van der Waals surface area contributed by atoms with Crippen molar-refractivity contribution in [1.82, 2.24) is 4.31 Å². The Morgan fingerprint density at radius 2 is 1.72 bits per heavy atom. The van der Waals surface area contributed by atoms with Gasteiger partial charge < -0.3 is 0 Å². The zero-order valence-electron chi connectivity index (χ0n) is 21.3. The van der Waals surface area contributed by atoms with Gasteiger partial charge in [0.15, 0.2) is 0 Å². The van der Waals surface area contributed by atoms with Crippen LogP contribution in [-0.4, -0.2) is 25.8 Å². The summed E-state index contributed by atoms with van der Waals surface area (Å²) < 4.78 is 41.3. The molecule has 1 atom stereocenters. The molecule has 0 bridgehead atoms. The molecule has 2 rings (SSSR count). The van der Waals surface area contributed by atoms with Crippen LogP contribution in [0.3, 0.4) is 0 Å². The van der Waals surface area contributed by atoms with E-state index < -0.39 is 15.8 Å². The lowest BCUT2D eigenvalue weighted by Gasteiger charge is -2.17. The highest BCUT2D eigenvalue weighted by atomic mass is 32.2. The van der Waals surface area contributed by atoms with Gasteiger partial charge in [-0.05, 0) is 55.5 Å². The average Bonchev–Trinajstić information content (AvgIpc) is 3.24. The third kappa shape index (κ3) is 9.10. The molecule has 1 aromatic carbocycles. The van der Waals surface area contributed by atoms with E-state index in [0.29, 0.717) is 35.4 Å². The molecular formula is C26H41FN2O2S. The molecule has 0 aliphatic carbocycles. The fraction of sp³-hybridized carbons (Fsp3) is 0.500. The first-order valence-corrected chi connectivity index (χ1v) is 12.9. The molecule has 1 saturated heterocycles. The third-order valence-electron chi connectivity index (χ3n) is 4.38. The summed E-state index contributed by atoms with van der Waals surface area (Å²) in [6.07, 6.45) is 4.09. The van der Waals surface area contributed by atoms with Crippen LogP contribution in [0, 0.1) is 23.1 Å². The van der Waals surface area contributed by atoms with E-state index in [0.717, 1.165) is 6.42 Å². The van der Waals surface area contributed by atoms with Crippen LogP contribution >= 0.6 is 0 Å². The van der Waals surface area contributed by atoms with Crippen molar-refractivity contribution in [3.63, 3.8) is 0 Å². The highest BCUT2D eigenvalue weighted by molar-refractivity contribution is 7.89. The molecule has 0 amide bonds. The first-order chi connectivity index (χ1) is 15.2. The quantitative estimate of drug-likeness (QED) is 0.338. The second-order valence-corrected chi connectivity index (χ2v) is 8.63. The van der Waals surface area contributed by atoms with Crippen LogP contribution in [0.2, 0.25) is 0 Å². The number of hydrogen-bond acceptors (Lipinski definition) is 3. The van der Waals surface area contributed by atoms with Gasteiger partial charge in [0, 0.05) is 18.7 Å². The van der Waals surface area contributed by atoms with E-state index in [9.17, 15) is 12.8 Å². The lowest BCUT2D eigenvalue weighted by molar-refractivity contribution is 0.458. The number of nitrogens with zero attached hydrogens (tertiary/aromatic N) is 2. The van der Waals surface area contributed by atoms with E-state index in [1.54, 1.807) is 32.1 Å². The van der Waals surface area contributed by atoms with Crippen LogP contribution in [0.5, 0.6) is 0 Å². The molecule has 1 fully saturated rings. The summed E-state index contributed by atoms with van der Waals surface area (Å²) in [6.45, 7) is 22.1. The number of allylic oxidation sites excluding steroid dienone is 5. The molecular weight excluding hydrogens is 423 g/mol. The summed E-state index contributed by atoms with van der Waals surface area (Å²) in [7, 11) is -3.83. The Morgan fingerprint density at radius 1 is 1.16 bits per heavy atom. The van der Waals surface area contributed by atoms with E-state index in [4.69, 9.17) is 5.26 Å². The zero-order chi connectivity index (χ0) is 25.5. The summed E-state index contributed by atoms with van der Waals surface area (Å²) in [5, 5.41) is 8.85. The van der Waals surface area contributed by atoms with Crippen LogP contribution in [0.4, 0.5) is 4.39 Å². The Morgan fingerprint density at radius 3 is 2.12 bits per heavy atom. The van der Waals surface area contributed by atoms with Gasteiger partial charge in [-0.25, -0.2) is 12.8 Å². The first kappa shape index (κ1) is 32.0. The number of hydrogen-bond donors (Lipinski definition) is 0. The monoisotopic (exact) mass is 464 g/mol. The van der Waals surface area contributed by atoms with E-state index in [-0.39, 0.29) is 10.8 Å². The first-order valence-electron chi connectivity index (χ1n) is 11.4. The standard InChI is InChI=1S/C20H23FN2O2S.3C2H6/c1-14(2)18(7-5-15(3)12-22)17-6-8-20(19(21)11-17)26(24,25)23-10-9-16(4)13-23;3*1-2/h5-8,11,16H,1,9-10,13H2,2-4H3;3*1-2H3/b15-5+,18-7+;;;. The van der Waals surface area contributed by atoms with E-state index in [2.05, 4.69) is 6.58 Å². The average molecular weight is 465 g/mol. The molecule has 0 radical (unpaired) electrons. The maximum absolute atomic E-state index is 14.7. The number of halogens is 1. The van der Waals surface area contributed by atoms with Crippen molar-refractivity contribution < 1.29 is 12.8 Å². The van der Waals surface area contributed by atoms with Gasteiger partial charge in [-0.3, -0.25) is 0 Å². The van der Waals surface area contributed by atoms with Crippen LogP contribution in [-0.2, 0) is 10.0 Å². The van der Waals surface area contributed by atoms with E-state index in [1.165, 1.54) is 16.4 Å². The fourth-order valence-electron chi connectivity index (χ4n) is 2.86. The molecule has 1 unspecified atom stereocenters. The van der Waals surface area contributed by atoms with Crippen molar-refractivity contribution in [2.24, 2.45) is 5.92 Å². The molecule has 1 aliphatic rings. The maximum Gasteiger partial charge on any atom is 0.245 e.